The molecule has 3 N–H and O–H groups in total. The number of aliphatic imine (C=N–C) groups is 2. The van der Waals surface area contributed by atoms with Crippen molar-refractivity contribution in [2.45, 2.75) is 18.0 Å². The van der Waals surface area contributed by atoms with Gasteiger partial charge in [0.15, 0.2) is 5.78 Å². The number of pyridine rings is 1. The van der Waals surface area contributed by atoms with Crippen molar-refractivity contribution in [1.29, 1.82) is 5.26 Å². The Morgan fingerprint density at radius 1 is 0.938 bits per heavy atom. The van der Waals surface area contributed by atoms with E-state index < -0.39 is 17.5 Å². The Bertz CT molecular complexity index is 2430. The summed E-state index contributed by atoms with van der Waals surface area (Å²) in [6, 6.07) is 21.9. The molecule has 0 spiro atoms. The van der Waals surface area contributed by atoms with Gasteiger partial charge in [-0.2, -0.15) is 5.26 Å². The van der Waals surface area contributed by atoms with Crippen LogP contribution in [0, 0.1) is 11.3 Å². The highest BCUT2D eigenvalue weighted by Gasteiger charge is 2.48. The van der Waals surface area contributed by atoms with Crippen molar-refractivity contribution >= 4 is 51.9 Å². The van der Waals surface area contributed by atoms with Gasteiger partial charge in [0, 0.05) is 46.0 Å². The number of ketones is 1. The van der Waals surface area contributed by atoms with E-state index in [-0.39, 0.29) is 12.2 Å². The summed E-state index contributed by atoms with van der Waals surface area (Å²) in [5.41, 5.74) is 4.58. The Morgan fingerprint density at radius 2 is 1.69 bits per heavy atom. The van der Waals surface area contributed by atoms with Gasteiger partial charge in [0.05, 0.1) is 46.0 Å². The van der Waals surface area contributed by atoms with E-state index in [1.54, 1.807) is 24.4 Å². The lowest BCUT2D eigenvalue weighted by molar-refractivity contribution is -0.118. The second-order valence-electron chi connectivity index (χ2n) is 12.0. The van der Waals surface area contributed by atoms with Crippen LogP contribution in [0.3, 0.4) is 0 Å². The Kier molecular flexibility index (Phi) is 7.05. The number of benzene rings is 2. The van der Waals surface area contributed by atoms with Gasteiger partial charge in [-0.25, -0.2) is 9.98 Å². The van der Waals surface area contributed by atoms with Crippen molar-refractivity contribution in [2.75, 3.05) is 5.32 Å². The molecule has 2 unspecified atom stereocenters. The molecule has 1 fully saturated rings. The third-order valence-corrected chi connectivity index (χ3v) is 8.57. The zero-order valence-corrected chi connectivity index (χ0v) is 25.5. The predicted molar refractivity (Wildman–Crippen MR) is 186 cm³/mol. The van der Waals surface area contributed by atoms with E-state index in [9.17, 15) is 14.9 Å². The first-order valence-corrected chi connectivity index (χ1v) is 15.5. The van der Waals surface area contributed by atoms with Gasteiger partial charge in [-0.15, -0.1) is 0 Å². The highest BCUT2D eigenvalue weighted by molar-refractivity contribution is 6.20. The number of hydrogen-bond donors (Lipinski definition) is 3. The van der Waals surface area contributed by atoms with Crippen LogP contribution in [0.1, 0.15) is 11.1 Å². The topological polar surface area (TPSA) is 135 Å². The van der Waals surface area contributed by atoms with Gasteiger partial charge in [0.2, 0.25) is 5.91 Å². The Labute approximate surface area is 275 Å². The molecule has 2 atom stereocenters. The van der Waals surface area contributed by atoms with E-state index in [4.69, 9.17) is 9.98 Å². The number of aromatic nitrogens is 2. The SMILES string of the molecule is N#Cc1ccc(CC23C=C4C=CC(=N4)C=c4ccc([nH]4)=CC4=NC(=CC(N2)/C(=C\C(=O)Nc2ccc5ncccc5c2)C3=O)C=C4)cc1. The molecule has 8 bridgehead atoms. The number of nitrogens with zero attached hydrogens (tertiary/aromatic N) is 4. The number of Topliss-reactive ketones (excluding diaryl/α,β-unsaturated/α-hetero) is 1. The first-order chi connectivity index (χ1) is 23.4. The fourth-order valence-electron chi connectivity index (χ4n) is 6.35. The van der Waals surface area contributed by atoms with Gasteiger partial charge in [-0.05, 0) is 103 Å². The molecule has 2 aromatic heterocycles. The number of anilines is 1. The van der Waals surface area contributed by atoms with E-state index >= 15 is 0 Å². The van der Waals surface area contributed by atoms with Gasteiger partial charge in [-0.1, -0.05) is 18.2 Å². The average molecular weight is 626 g/mol. The van der Waals surface area contributed by atoms with E-state index in [0.29, 0.717) is 28.2 Å². The molecule has 1 amide bonds. The first kappa shape index (κ1) is 28.9. The lowest BCUT2D eigenvalue weighted by Gasteiger charge is -2.25. The largest absolute Gasteiger partial charge is 0.355 e. The monoisotopic (exact) mass is 625 g/mol. The normalized spacial score (nSPS) is 21.6. The minimum Gasteiger partial charge on any atom is -0.355 e. The maximum absolute atomic E-state index is 14.7. The van der Waals surface area contributed by atoms with Crippen LogP contribution in [0.4, 0.5) is 5.69 Å². The fraction of sp³-hybridized carbons (Fsp3) is 0.0769. The summed E-state index contributed by atoms with van der Waals surface area (Å²) < 4.78 is 0. The lowest BCUT2D eigenvalue weighted by Crippen LogP contribution is -2.47. The number of aromatic amines is 1. The van der Waals surface area contributed by atoms with Crippen molar-refractivity contribution in [1.82, 2.24) is 15.3 Å². The zero-order chi connectivity index (χ0) is 32.7. The van der Waals surface area contributed by atoms with Crippen LogP contribution in [0.15, 0.2) is 142 Å². The second kappa shape index (κ2) is 11.7. The minimum atomic E-state index is -1.26. The van der Waals surface area contributed by atoms with Crippen LogP contribution in [-0.4, -0.2) is 44.7 Å². The predicted octanol–water partition coefficient (Wildman–Crippen LogP) is 3.89. The Balaban J connectivity index is 1.25. The number of hydrogen-bond acceptors (Lipinski definition) is 7. The molecule has 9 heteroatoms. The summed E-state index contributed by atoms with van der Waals surface area (Å²) in [6.07, 6.45) is 18.5. The molecule has 9 nitrogen and oxygen atoms in total. The van der Waals surface area contributed by atoms with Crippen LogP contribution in [-0.2, 0) is 16.0 Å². The third-order valence-electron chi connectivity index (χ3n) is 8.57. The molecular weight excluding hydrogens is 598 g/mol. The number of H-pyrrole nitrogens is 1. The van der Waals surface area contributed by atoms with Crippen molar-refractivity contribution in [3.05, 3.63) is 154 Å². The summed E-state index contributed by atoms with van der Waals surface area (Å²) in [6.45, 7) is 0. The molecule has 230 valence electrons. The van der Waals surface area contributed by atoms with E-state index in [2.05, 4.69) is 26.7 Å². The third kappa shape index (κ3) is 5.68. The molecule has 4 aliphatic heterocycles. The molecule has 2 aromatic carbocycles. The number of fused-ring (bicyclic) bond motifs is 7. The summed E-state index contributed by atoms with van der Waals surface area (Å²) in [7, 11) is 0. The number of nitrogens with one attached hydrogen (secondary N) is 3. The van der Waals surface area contributed by atoms with Gasteiger partial charge in [0.25, 0.3) is 0 Å². The molecule has 1 saturated heterocycles. The number of carbonyl (C=O) groups is 2. The average Bonchev–Trinajstić information content (AvgIpc) is 3.88. The number of allylic oxidation sites excluding steroid dienone is 4. The van der Waals surface area contributed by atoms with Crippen molar-refractivity contribution in [3.63, 3.8) is 0 Å². The molecule has 0 radical (unpaired) electrons. The van der Waals surface area contributed by atoms with Crippen molar-refractivity contribution in [2.24, 2.45) is 9.98 Å². The minimum absolute atomic E-state index is 0.254. The van der Waals surface area contributed by atoms with Crippen LogP contribution in [0.2, 0.25) is 0 Å². The quantitative estimate of drug-likeness (QED) is 0.296. The highest BCUT2D eigenvalue weighted by Crippen LogP contribution is 2.34. The Morgan fingerprint density at radius 3 is 2.46 bits per heavy atom. The molecule has 48 heavy (non-hydrogen) atoms. The molecule has 4 aliphatic rings. The second-order valence-corrected chi connectivity index (χ2v) is 12.0. The van der Waals surface area contributed by atoms with Crippen LogP contribution >= 0.6 is 0 Å². The highest BCUT2D eigenvalue weighted by atomic mass is 16.2. The van der Waals surface area contributed by atoms with Crippen LogP contribution in [0.25, 0.3) is 23.1 Å². The van der Waals surface area contributed by atoms with E-state index in [1.165, 1.54) is 6.08 Å². The van der Waals surface area contributed by atoms with Gasteiger partial charge >= 0.3 is 0 Å². The molecule has 8 rings (SSSR count). The molecule has 0 aliphatic carbocycles. The van der Waals surface area contributed by atoms with Crippen LogP contribution in [0.5, 0.6) is 0 Å². The van der Waals surface area contributed by atoms with Crippen molar-refractivity contribution in [3.8, 4) is 6.07 Å². The van der Waals surface area contributed by atoms with E-state index in [1.807, 2.05) is 97.1 Å². The summed E-state index contributed by atoms with van der Waals surface area (Å²) in [5, 5.41) is 18.5. The van der Waals surface area contributed by atoms with Crippen LogP contribution < -0.4 is 21.3 Å². The number of nitriles is 1. The van der Waals surface area contributed by atoms with Gasteiger partial charge < -0.3 is 10.3 Å². The van der Waals surface area contributed by atoms with Crippen molar-refractivity contribution < 1.29 is 9.59 Å². The first-order valence-electron chi connectivity index (χ1n) is 15.5. The summed E-state index contributed by atoms with van der Waals surface area (Å²) >= 11 is 0. The molecular formula is C39H27N7O2. The maximum atomic E-state index is 14.7. The standard InChI is InChI=1S/C39H27N7O2/c40-23-25-5-3-24(4-6-25)21-39-22-33-12-11-31(44-33)18-29-8-7-28(42-29)17-30-9-10-32(43-30)19-36(46-39)34(38(39)48)20-37(47)45-27-13-14-35-26(16-27)2-1-15-41-35/h1-20,22,36,42,46H,21H2,(H,45,47)/b28-17?,29-18?,32-19?,33-22?,34-20+. The number of carbonyl (C=O) groups excluding carboxylic acids is 2. The number of rotatable bonds is 4. The zero-order valence-electron chi connectivity index (χ0n) is 25.5. The number of amides is 1. The fourth-order valence-corrected chi connectivity index (χ4v) is 6.35. The maximum Gasteiger partial charge on any atom is 0.248 e. The lowest BCUT2D eigenvalue weighted by atomic mass is 9.85. The summed E-state index contributed by atoms with van der Waals surface area (Å²) in [5.74, 6) is -0.687. The molecule has 0 saturated carbocycles. The van der Waals surface area contributed by atoms with E-state index in [0.717, 1.165) is 38.6 Å². The van der Waals surface area contributed by atoms with Gasteiger partial charge in [0.1, 0.15) is 5.54 Å². The van der Waals surface area contributed by atoms with Gasteiger partial charge in [-0.3, -0.25) is 19.9 Å². The smallest absolute Gasteiger partial charge is 0.248 e. The molecule has 6 heterocycles. The molecule has 4 aromatic rings. The summed E-state index contributed by atoms with van der Waals surface area (Å²) in [4.78, 5) is 45.6. The Hall–Kier alpha value is -6.50.